The Morgan fingerprint density at radius 3 is 2.48 bits per heavy atom. The lowest BCUT2D eigenvalue weighted by Crippen LogP contribution is -2.51. The van der Waals surface area contributed by atoms with Gasteiger partial charge in [0.05, 0.1) is 11.9 Å². The minimum absolute atomic E-state index is 0.116. The van der Waals surface area contributed by atoms with Crippen molar-refractivity contribution in [2.24, 2.45) is 16.3 Å². The summed E-state index contributed by atoms with van der Waals surface area (Å²) >= 11 is 0. The quantitative estimate of drug-likeness (QED) is 0.344. The molecule has 4 N–H and O–H groups in total. The average Bonchev–Trinajstić information content (AvgIpc) is 2.36. The summed E-state index contributed by atoms with van der Waals surface area (Å²) in [7, 11) is 0. The SMILES string of the molecule is N/C(=N/O)C1(C(=O)Nc2ccc(C(F)(F)F)nc2)CCC1. The molecule has 21 heavy (non-hydrogen) atoms. The number of anilines is 1. The average molecular weight is 302 g/mol. The second kappa shape index (κ2) is 5.23. The molecule has 1 aromatic heterocycles. The number of amidine groups is 1. The molecule has 0 bridgehead atoms. The van der Waals surface area contributed by atoms with Gasteiger partial charge >= 0.3 is 6.18 Å². The van der Waals surface area contributed by atoms with Gasteiger partial charge in [-0.15, -0.1) is 0 Å². The van der Waals surface area contributed by atoms with E-state index in [4.69, 9.17) is 10.9 Å². The van der Waals surface area contributed by atoms with Crippen LogP contribution in [0.2, 0.25) is 0 Å². The fourth-order valence-corrected chi connectivity index (χ4v) is 2.11. The van der Waals surface area contributed by atoms with Crippen molar-refractivity contribution < 1.29 is 23.2 Å². The first-order valence-electron chi connectivity index (χ1n) is 6.12. The number of rotatable bonds is 3. The van der Waals surface area contributed by atoms with Gasteiger partial charge in [-0.3, -0.25) is 4.79 Å². The molecule has 1 saturated carbocycles. The largest absolute Gasteiger partial charge is 0.433 e. The van der Waals surface area contributed by atoms with E-state index in [9.17, 15) is 18.0 Å². The molecule has 0 radical (unpaired) electrons. The Kier molecular flexibility index (Phi) is 3.75. The number of aromatic nitrogens is 1. The van der Waals surface area contributed by atoms with Crippen molar-refractivity contribution in [3.63, 3.8) is 0 Å². The number of carbonyl (C=O) groups is 1. The second-order valence-electron chi connectivity index (χ2n) is 4.80. The van der Waals surface area contributed by atoms with E-state index in [-0.39, 0.29) is 11.5 Å². The highest BCUT2D eigenvalue weighted by Gasteiger charge is 2.48. The van der Waals surface area contributed by atoms with Crippen molar-refractivity contribution in [3.8, 4) is 0 Å². The van der Waals surface area contributed by atoms with Crippen molar-refractivity contribution in [2.45, 2.75) is 25.4 Å². The van der Waals surface area contributed by atoms with Crippen LogP contribution in [0.5, 0.6) is 0 Å². The number of pyridine rings is 1. The summed E-state index contributed by atoms with van der Waals surface area (Å²) in [6, 6.07) is 1.87. The zero-order chi connectivity index (χ0) is 15.7. The number of halogens is 3. The number of nitrogens with one attached hydrogen (secondary N) is 1. The molecule has 1 aromatic rings. The molecule has 114 valence electrons. The van der Waals surface area contributed by atoms with Gasteiger partial charge in [-0.1, -0.05) is 11.6 Å². The molecule has 1 heterocycles. The molecule has 6 nitrogen and oxygen atoms in total. The minimum atomic E-state index is -4.54. The van der Waals surface area contributed by atoms with E-state index >= 15 is 0 Å². The summed E-state index contributed by atoms with van der Waals surface area (Å²) in [5.41, 5.74) is 3.49. The Bertz CT molecular complexity index is 565. The predicted octanol–water partition coefficient (Wildman–Crippen LogP) is 1.96. The van der Waals surface area contributed by atoms with Gasteiger partial charge < -0.3 is 16.3 Å². The molecule has 0 aromatic carbocycles. The van der Waals surface area contributed by atoms with Gasteiger partial charge in [0.25, 0.3) is 0 Å². The minimum Gasteiger partial charge on any atom is -0.409 e. The molecule has 0 spiro atoms. The van der Waals surface area contributed by atoms with Crippen molar-refractivity contribution in [1.29, 1.82) is 0 Å². The summed E-state index contributed by atoms with van der Waals surface area (Å²) in [4.78, 5) is 15.4. The van der Waals surface area contributed by atoms with Crippen LogP contribution in [0.1, 0.15) is 25.0 Å². The van der Waals surface area contributed by atoms with Gasteiger partial charge in [0.2, 0.25) is 5.91 Å². The lowest BCUT2D eigenvalue weighted by atomic mass is 9.67. The molecule has 0 aliphatic heterocycles. The number of amides is 1. The van der Waals surface area contributed by atoms with Crippen LogP contribution >= 0.6 is 0 Å². The summed E-state index contributed by atoms with van der Waals surface area (Å²) in [6.07, 6.45) is -2.04. The number of nitrogens with zero attached hydrogens (tertiary/aromatic N) is 2. The molecule has 9 heteroatoms. The lowest BCUT2D eigenvalue weighted by molar-refractivity contribution is -0.141. The van der Waals surface area contributed by atoms with E-state index in [2.05, 4.69) is 15.5 Å². The predicted molar refractivity (Wildman–Crippen MR) is 67.6 cm³/mol. The Morgan fingerprint density at radius 2 is 2.10 bits per heavy atom. The normalized spacial score (nSPS) is 18.0. The number of hydrogen-bond acceptors (Lipinski definition) is 4. The fourth-order valence-electron chi connectivity index (χ4n) is 2.11. The van der Waals surface area contributed by atoms with Crippen LogP contribution in [0.4, 0.5) is 18.9 Å². The zero-order valence-electron chi connectivity index (χ0n) is 10.8. The standard InChI is InChI=1S/C12H13F3N4O2/c13-12(14,15)8-3-2-7(6-17-8)18-10(20)11(4-1-5-11)9(16)19-21/h2-3,6,21H,1,4-5H2,(H2,16,19)(H,18,20). The fraction of sp³-hybridized carbons (Fsp3) is 0.417. The lowest BCUT2D eigenvalue weighted by Gasteiger charge is -2.38. The molecule has 1 amide bonds. The van der Waals surface area contributed by atoms with E-state index in [0.717, 1.165) is 24.8 Å². The number of nitrogens with two attached hydrogens (primary N) is 1. The first-order valence-corrected chi connectivity index (χ1v) is 6.12. The maximum absolute atomic E-state index is 12.4. The number of hydrogen-bond donors (Lipinski definition) is 3. The van der Waals surface area contributed by atoms with E-state index < -0.39 is 23.2 Å². The molecular formula is C12H13F3N4O2. The summed E-state index contributed by atoms with van der Waals surface area (Å²) in [6.45, 7) is 0. The molecule has 1 aliphatic rings. The van der Waals surface area contributed by atoms with Crippen molar-refractivity contribution in [1.82, 2.24) is 4.98 Å². The van der Waals surface area contributed by atoms with Crippen LogP contribution in [0, 0.1) is 5.41 Å². The Labute approximate surface area is 117 Å². The van der Waals surface area contributed by atoms with Gasteiger partial charge in [0, 0.05) is 0 Å². The van der Waals surface area contributed by atoms with Crippen LogP contribution in [-0.4, -0.2) is 21.9 Å². The van der Waals surface area contributed by atoms with Gasteiger partial charge in [0.15, 0.2) is 5.84 Å². The van der Waals surface area contributed by atoms with Crippen molar-refractivity contribution in [3.05, 3.63) is 24.0 Å². The third-order valence-electron chi connectivity index (χ3n) is 3.55. The molecule has 1 fully saturated rings. The van der Waals surface area contributed by atoms with E-state index in [1.165, 1.54) is 0 Å². The van der Waals surface area contributed by atoms with Gasteiger partial charge in [-0.05, 0) is 25.0 Å². The third kappa shape index (κ3) is 2.76. The monoisotopic (exact) mass is 302 g/mol. The molecule has 1 aliphatic carbocycles. The summed E-state index contributed by atoms with van der Waals surface area (Å²) in [5.74, 6) is -0.725. The van der Waals surface area contributed by atoms with E-state index in [1.54, 1.807) is 0 Å². The highest BCUT2D eigenvalue weighted by atomic mass is 19.4. The van der Waals surface area contributed by atoms with Crippen molar-refractivity contribution >= 4 is 17.4 Å². The number of carbonyl (C=O) groups excluding carboxylic acids is 1. The Morgan fingerprint density at radius 1 is 1.43 bits per heavy atom. The molecule has 0 atom stereocenters. The molecule has 0 unspecified atom stereocenters. The summed E-state index contributed by atoms with van der Waals surface area (Å²) in [5, 5.41) is 14.0. The van der Waals surface area contributed by atoms with Crippen molar-refractivity contribution in [2.75, 3.05) is 5.32 Å². The van der Waals surface area contributed by atoms with Crippen LogP contribution < -0.4 is 11.1 Å². The maximum atomic E-state index is 12.4. The van der Waals surface area contributed by atoms with Crippen LogP contribution in [0.25, 0.3) is 0 Å². The van der Waals surface area contributed by atoms with Gasteiger partial charge in [0.1, 0.15) is 11.1 Å². The number of oxime groups is 1. The first-order chi connectivity index (χ1) is 9.79. The maximum Gasteiger partial charge on any atom is 0.433 e. The van der Waals surface area contributed by atoms with Gasteiger partial charge in [-0.25, -0.2) is 4.98 Å². The van der Waals surface area contributed by atoms with E-state index in [1.807, 2.05) is 0 Å². The van der Waals surface area contributed by atoms with E-state index in [0.29, 0.717) is 12.8 Å². The Balaban J connectivity index is 2.13. The topological polar surface area (TPSA) is 101 Å². The number of alkyl halides is 3. The van der Waals surface area contributed by atoms with Crippen LogP contribution in [0.3, 0.4) is 0 Å². The van der Waals surface area contributed by atoms with Gasteiger partial charge in [-0.2, -0.15) is 13.2 Å². The highest BCUT2D eigenvalue weighted by Crippen LogP contribution is 2.42. The second-order valence-corrected chi connectivity index (χ2v) is 4.80. The summed E-state index contributed by atoms with van der Waals surface area (Å²) < 4.78 is 37.1. The van der Waals surface area contributed by atoms with Crippen LogP contribution in [0.15, 0.2) is 23.5 Å². The molecular weight excluding hydrogens is 289 g/mol. The Hall–Kier alpha value is -2.32. The zero-order valence-corrected chi connectivity index (χ0v) is 10.8. The molecule has 2 rings (SSSR count). The molecule has 0 saturated heterocycles. The van der Waals surface area contributed by atoms with Crippen LogP contribution in [-0.2, 0) is 11.0 Å². The third-order valence-corrected chi connectivity index (χ3v) is 3.55. The highest BCUT2D eigenvalue weighted by molar-refractivity contribution is 6.12. The smallest absolute Gasteiger partial charge is 0.409 e. The first kappa shape index (κ1) is 15.1.